The molecule has 1 aromatic heterocycles. The summed E-state index contributed by atoms with van der Waals surface area (Å²) in [6.07, 6.45) is 1.55. The minimum Gasteiger partial charge on any atom is -0.383 e. The van der Waals surface area contributed by atoms with E-state index in [0.29, 0.717) is 37.5 Å². The Morgan fingerprint density at radius 2 is 1.94 bits per heavy atom. The molecule has 0 saturated carbocycles. The first-order valence-corrected chi connectivity index (χ1v) is 12.2. The van der Waals surface area contributed by atoms with Gasteiger partial charge in [-0.1, -0.05) is 43.7 Å². The van der Waals surface area contributed by atoms with Gasteiger partial charge in [0.25, 0.3) is 0 Å². The third-order valence-corrected chi connectivity index (χ3v) is 6.33. The molecule has 2 rings (SSSR count). The third-order valence-electron chi connectivity index (χ3n) is 4.73. The molecule has 0 spiro atoms. The molecule has 0 aliphatic carbocycles. The Hall–Kier alpha value is -2.39. The van der Waals surface area contributed by atoms with Crippen molar-refractivity contribution in [2.45, 2.75) is 51.7 Å². The van der Waals surface area contributed by atoms with Crippen LogP contribution in [0.25, 0.3) is 0 Å². The molecule has 0 atom stereocenters. The van der Waals surface area contributed by atoms with Crippen molar-refractivity contribution >= 4 is 15.9 Å². The molecule has 1 N–H and O–H groups in total. The summed E-state index contributed by atoms with van der Waals surface area (Å²) < 4.78 is 33.2. The van der Waals surface area contributed by atoms with E-state index in [1.807, 2.05) is 52.0 Å². The van der Waals surface area contributed by atoms with Crippen LogP contribution in [-0.2, 0) is 33.4 Å². The minimum atomic E-state index is -3.68. The van der Waals surface area contributed by atoms with E-state index >= 15 is 0 Å². The number of hydrogen-bond donors (Lipinski definition) is 1. The number of urea groups is 1. The van der Waals surface area contributed by atoms with Gasteiger partial charge in [0.1, 0.15) is 0 Å². The molecule has 2 aromatic rings. The van der Waals surface area contributed by atoms with Crippen molar-refractivity contribution in [3.05, 3.63) is 47.3 Å². The number of hydrogen-bond acceptors (Lipinski definition) is 5. The van der Waals surface area contributed by atoms with Gasteiger partial charge in [0.2, 0.25) is 15.0 Å². The van der Waals surface area contributed by atoms with Crippen LogP contribution in [0.3, 0.4) is 0 Å². The lowest BCUT2D eigenvalue weighted by Crippen LogP contribution is -2.41. The van der Waals surface area contributed by atoms with Gasteiger partial charge in [-0.3, -0.25) is 0 Å². The first-order valence-electron chi connectivity index (χ1n) is 10.5. The Morgan fingerprint density at radius 3 is 2.52 bits per heavy atom. The number of imidazole rings is 1. The molecule has 9 heteroatoms. The number of carbonyl (C=O) groups is 1. The summed E-state index contributed by atoms with van der Waals surface area (Å²) in [6, 6.07) is 7.23. The van der Waals surface area contributed by atoms with E-state index in [0.717, 1.165) is 5.56 Å². The van der Waals surface area contributed by atoms with Gasteiger partial charge in [0.05, 0.1) is 30.8 Å². The molecule has 0 radical (unpaired) electrons. The summed E-state index contributed by atoms with van der Waals surface area (Å²) in [5.74, 6) is 0.130. The zero-order valence-electron chi connectivity index (χ0n) is 19.1. The summed E-state index contributed by atoms with van der Waals surface area (Å²) in [6.45, 7) is 9.89. The minimum absolute atomic E-state index is 0.000483. The number of aryl methyl sites for hydroxylation is 1. The maximum absolute atomic E-state index is 13.2. The molecule has 0 bridgehead atoms. The van der Waals surface area contributed by atoms with Crippen LogP contribution >= 0.6 is 0 Å². The van der Waals surface area contributed by atoms with E-state index in [4.69, 9.17) is 4.74 Å². The largest absolute Gasteiger partial charge is 0.383 e. The molecule has 1 aromatic carbocycles. The quantitative estimate of drug-likeness (QED) is 0.568. The summed E-state index contributed by atoms with van der Waals surface area (Å²) >= 11 is 0. The average Bonchev–Trinajstić information content (AvgIpc) is 3.10. The molecule has 8 nitrogen and oxygen atoms in total. The second kappa shape index (κ2) is 11.3. The Balaban J connectivity index is 2.36. The van der Waals surface area contributed by atoms with Crippen LogP contribution in [0.4, 0.5) is 4.79 Å². The molecule has 1 heterocycles. The molecule has 0 aliphatic heterocycles. The van der Waals surface area contributed by atoms with Crippen LogP contribution in [0.5, 0.6) is 0 Å². The summed E-state index contributed by atoms with van der Waals surface area (Å²) in [5, 5.41) is 2.82. The van der Waals surface area contributed by atoms with Gasteiger partial charge in [-0.05, 0) is 25.3 Å². The fourth-order valence-electron chi connectivity index (χ4n) is 3.28. The highest BCUT2D eigenvalue weighted by Crippen LogP contribution is 2.19. The highest BCUT2D eigenvalue weighted by Gasteiger charge is 2.25. The molecular formula is C22H34N4O4S. The number of rotatable bonds is 11. The zero-order chi connectivity index (χ0) is 23.0. The van der Waals surface area contributed by atoms with E-state index in [9.17, 15) is 13.2 Å². The van der Waals surface area contributed by atoms with E-state index < -0.39 is 9.84 Å². The van der Waals surface area contributed by atoms with Gasteiger partial charge in [-0.15, -0.1) is 0 Å². The Morgan fingerprint density at radius 1 is 1.26 bits per heavy atom. The summed E-state index contributed by atoms with van der Waals surface area (Å²) in [5.41, 5.74) is 2.43. The number of aromatic nitrogens is 2. The van der Waals surface area contributed by atoms with Crippen LogP contribution in [0.15, 0.2) is 35.6 Å². The molecule has 0 saturated heterocycles. The first kappa shape index (κ1) is 24.9. The number of sulfone groups is 1. The van der Waals surface area contributed by atoms with Crippen LogP contribution in [0.1, 0.15) is 37.6 Å². The number of carbonyl (C=O) groups excluding carboxylic acids is 1. The number of methoxy groups -OCH3 is 1. The predicted octanol–water partition coefficient (Wildman–Crippen LogP) is 3.00. The van der Waals surface area contributed by atoms with Gasteiger partial charge >= 0.3 is 6.03 Å². The lowest BCUT2D eigenvalue weighted by Gasteiger charge is -2.25. The topological polar surface area (TPSA) is 93.5 Å². The molecule has 172 valence electrons. The molecule has 0 unspecified atom stereocenters. The lowest BCUT2D eigenvalue weighted by atomic mass is 10.2. The molecular weight excluding hydrogens is 416 g/mol. The lowest BCUT2D eigenvalue weighted by molar-refractivity contribution is 0.176. The number of nitrogens with zero attached hydrogens (tertiary/aromatic N) is 3. The number of benzene rings is 1. The highest BCUT2D eigenvalue weighted by atomic mass is 32.2. The van der Waals surface area contributed by atoms with Crippen LogP contribution in [0, 0.1) is 12.8 Å². The number of amides is 2. The van der Waals surface area contributed by atoms with Crippen LogP contribution in [0.2, 0.25) is 0 Å². The van der Waals surface area contributed by atoms with Crippen LogP contribution < -0.4 is 5.32 Å². The predicted molar refractivity (Wildman–Crippen MR) is 120 cm³/mol. The van der Waals surface area contributed by atoms with Gasteiger partial charge in [0, 0.05) is 26.7 Å². The Kier molecular flexibility index (Phi) is 9.06. The third kappa shape index (κ3) is 7.07. The van der Waals surface area contributed by atoms with E-state index in [2.05, 4.69) is 10.3 Å². The second-order valence-corrected chi connectivity index (χ2v) is 9.91. The summed E-state index contributed by atoms with van der Waals surface area (Å²) in [7, 11) is -2.11. The normalized spacial score (nSPS) is 11.7. The van der Waals surface area contributed by atoms with Crippen molar-refractivity contribution in [3.63, 3.8) is 0 Å². The Labute approximate surface area is 185 Å². The van der Waals surface area contributed by atoms with Gasteiger partial charge in [-0.25, -0.2) is 18.2 Å². The molecule has 2 amide bonds. The van der Waals surface area contributed by atoms with Crippen molar-refractivity contribution in [3.8, 4) is 0 Å². The van der Waals surface area contributed by atoms with Gasteiger partial charge in [-0.2, -0.15) is 0 Å². The van der Waals surface area contributed by atoms with E-state index in [-0.39, 0.29) is 29.4 Å². The fraction of sp³-hybridized carbons (Fsp3) is 0.545. The monoisotopic (exact) mass is 450 g/mol. The van der Waals surface area contributed by atoms with Crippen molar-refractivity contribution in [2.75, 3.05) is 26.8 Å². The maximum Gasteiger partial charge on any atom is 0.317 e. The molecule has 31 heavy (non-hydrogen) atoms. The smallest absolute Gasteiger partial charge is 0.317 e. The van der Waals surface area contributed by atoms with Crippen molar-refractivity contribution in [2.24, 2.45) is 5.92 Å². The standard InChI is InChI=1S/C22H34N4O4S/c1-6-23-21(27)25(14-17(2)3)15-20-13-24-22(26(20)11-12-30-5)31(28,29)16-19-9-7-18(4)8-10-19/h7-10,13,17H,6,11-12,14-16H2,1-5H3,(H,23,27). The summed E-state index contributed by atoms with van der Waals surface area (Å²) in [4.78, 5) is 18.5. The molecule has 0 aliphatic rings. The Bertz CT molecular complexity index is 952. The van der Waals surface area contributed by atoms with E-state index in [1.165, 1.54) is 0 Å². The van der Waals surface area contributed by atoms with E-state index in [1.54, 1.807) is 22.8 Å². The fourth-order valence-corrected chi connectivity index (χ4v) is 4.79. The SMILES string of the molecule is CCNC(=O)N(Cc1cnc(S(=O)(=O)Cc2ccc(C)cc2)n1CCOC)CC(C)C. The van der Waals surface area contributed by atoms with Crippen molar-refractivity contribution in [1.82, 2.24) is 19.8 Å². The van der Waals surface area contributed by atoms with Crippen LogP contribution in [-0.4, -0.2) is 55.7 Å². The molecule has 0 fully saturated rings. The van der Waals surface area contributed by atoms with Crippen molar-refractivity contribution in [1.29, 1.82) is 0 Å². The van der Waals surface area contributed by atoms with Gasteiger partial charge in [0.15, 0.2) is 0 Å². The second-order valence-electron chi connectivity index (χ2n) is 8.03. The zero-order valence-corrected chi connectivity index (χ0v) is 19.9. The highest BCUT2D eigenvalue weighted by molar-refractivity contribution is 7.90. The first-order chi connectivity index (χ1) is 14.7. The maximum atomic E-state index is 13.2. The average molecular weight is 451 g/mol. The van der Waals surface area contributed by atoms with Crippen molar-refractivity contribution < 1.29 is 17.9 Å². The number of nitrogens with one attached hydrogen (secondary N) is 1. The number of ether oxygens (including phenoxy) is 1. The van der Waals surface area contributed by atoms with Gasteiger partial charge < -0.3 is 19.5 Å².